The van der Waals surface area contributed by atoms with E-state index in [0.29, 0.717) is 37.0 Å². The maximum absolute atomic E-state index is 12.4. The zero-order valence-electron chi connectivity index (χ0n) is 14.4. The predicted octanol–water partition coefficient (Wildman–Crippen LogP) is 3.29. The topological polar surface area (TPSA) is 69.4 Å². The number of nitrogens with zero attached hydrogens (tertiary/aromatic N) is 1. The number of carbonyl (C=O) groups is 1. The monoisotopic (exact) mass is 333 g/mol. The molecular weight excluding hydrogens is 306 g/mol. The van der Waals surface area contributed by atoms with Gasteiger partial charge in [0.1, 0.15) is 0 Å². The van der Waals surface area contributed by atoms with Gasteiger partial charge in [0.05, 0.1) is 7.11 Å². The van der Waals surface area contributed by atoms with E-state index in [1.165, 1.54) is 26.4 Å². The van der Waals surface area contributed by atoms with Crippen LogP contribution < -0.4 is 0 Å². The summed E-state index contributed by atoms with van der Waals surface area (Å²) in [6.07, 6.45) is 7.56. The van der Waals surface area contributed by atoms with Gasteiger partial charge in [-0.1, -0.05) is 0 Å². The lowest BCUT2D eigenvalue weighted by molar-refractivity contribution is -0.616. The quantitative estimate of drug-likeness (QED) is 0.440. The molecule has 0 N–H and O–H groups in total. The molecule has 5 atom stereocenters. The molecule has 0 aliphatic heterocycles. The van der Waals surface area contributed by atoms with E-state index in [-0.39, 0.29) is 16.8 Å². The minimum absolute atomic E-state index is 0.105. The maximum atomic E-state index is 12.4. The summed E-state index contributed by atoms with van der Waals surface area (Å²) in [7, 11) is 1.39. The molecule has 0 aromatic heterocycles. The van der Waals surface area contributed by atoms with Crippen LogP contribution in [0.4, 0.5) is 0 Å². The van der Waals surface area contributed by atoms with Crippen molar-refractivity contribution in [2.75, 3.05) is 7.11 Å². The van der Waals surface area contributed by atoms with Crippen LogP contribution in [0.1, 0.15) is 51.4 Å². The number of nitro groups is 1. The van der Waals surface area contributed by atoms with E-state index >= 15 is 0 Å². The molecule has 7 saturated carbocycles. The van der Waals surface area contributed by atoms with Crippen molar-refractivity contribution in [2.45, 2.75) is 56.9 Å². The summed E-state index contributed by atoms with van der Waals surface area (Å²) in [5, 5.41) is 12.4. The molecule has 5 unspecified atom stereocenters. The number of rotatable bonds is 5. The summed E-state index contributed by atoms with van der Waals surface area (Å²) in [6, 6.07) is 0. The first-order valence-electron chi connectivity index (χ1n) is 9.77. The number of ether oxygens (including phenoxy) is 1. The zero-order chi connectivity index (χ0) is 16.6. The highest BCUT2D eigenvalue weighted by Gasteiger charge is 2.75. The third-order valence-electron chi connectivity index (χ3n) is 8.86. The van der Waals surface area contributed by atoms with Crippen LogP contribution in [0.25, 0.3) is 0 Å². The largest absolute Gasteiger partial charge is 0.469 e. The Morgan fingerprint density at radius 3 is 2.25 bits per heavy atom. The Morgan fingerprint density at radius 2 is 1.67 bits per heavy atom. The van der Waals surface area contributed by atoms with Crippen LogP contribution in [0, 0.1) is 57.5 Å². The van der Waals surface area contributed by atoms with Crippen LogP contribution in [-0.2, 0) is 9.53 Å². The molecule has 24 heavy (non-hydrogen) atoms. The number of methoxy groups -OCH3 is 1. The van der Waals surface area contributed by atoms with E-state index < -0.39 is 5.54 Å². The molecule has 0 aromatic carbocycles. The molecule has 5 heteroatoms. The van der Waals surface area contributed by atoms with Crippen molar-refractivity contribution in [3.8, 4) is 0 Å². The van der Waals surface area contributed by atoms with Crippen molar-refractivity contribution in [3.63, 3.8) is 0 Å². The summed E-state index contributed by atoms with van der Waals surface area (Å²) in [4.78, 5) is 24.0. The fourth-order valence-electron chi connectivity index (χ4n) is 8.46. The van der Waals surface area contributed by atoms with Crippen molar-refractivity contribution in [1.29, 1.82) is 0 Å². The predicted molar refractivity (Wildman–Crippen MR) is 86.6 cm³/mol. The molecule has 7 rings (SSSR count). The Labute approximate surface area is 142 Å². The van der Waals surface area contributed by atoms with Gasteiger partial charge in [-0.3, -0.25) is 14.9 Å². The van der Waals surface area contributed by atoms with Gasteiger partial charge in [-0.15, -0.1) is 0 Å². The average molecular weight is 333 g/mol. The average Bonchev–Trinajstić information content (AvgIpc) is 2.58. The molecule has 0 spiro atoms. The third-order valence-corrected chi connectivity index (χ3v) is 8.86. The molecule has 0 saturated heterocycles. The highest BCUT2D eigenvalue weighted by Crippen LogP contribution is 2.74. The van der Waals surface area contributed by atoms with Crippen LogP contribution >= 0.6 is 0 Å². The molecule has 7 aliphatic rings. The van der Waals surface area contributed by atoms with Gasteiger partial charge < -0.3 is 4.74 Å². The summed E-state index contributed by atoms with van der Waals surface area (Å²) >= 11 is 0. The fraction of sp³-hybridized carbons (Fsp3) is 0.947. The van der Waals surface area contributed by atoms with E-state index in [0.717, 1.165) is 36.5 Å². The standard InChI is InChI=1S/C19H27NO4/c1-24-17(21)3-2-4-19(20(22)23)11-8-13-12-5-10-6-15(13)18(19)16(7-10)14(12)9-11/h10-16,18H,2-9H2,1H3. The fourth-order valence-corrected chi connectivity index (χ4v) is 8.46. The van der Waals surface area contributed by atoms with Gasteiger partial charge in [0.25, 0.3) is 0 Å². The van der Waals surface area contributed by atoms with Gasteiger partial charge in [0.15, 0.2) is 0 Å². The van der Waals surface area contributed by atoms with Gasteiger partial charge in [-0.2, -0.15) is 0 Å². The molecule has 5 nitrogen and oxygen atoms in total. The van der Waals surface area contributed by atoms with E-state index in [1.54, 1.807) is 0 Å². The van der Waals surface area contributed by atoms with E-state index in [2.05, 4.69) is 0 Å². The van der Waals surface area contributed by atoms with Crippen molar-refractivity contribution in [1.82, 2.24) is 0 Å². The molecule has 0 heterocycles. The SMILES string of the molecule is COC(=O)CCCC1([N+](=O)[O-])C2CC3C4CC5CC3C1C(C5)C4C2. The number of carbonyl (C=O) groups excluding carboxylic acids is 1. The molecule has 0 radical (unpaired) electrons. The number of esters is 1. The Morgan fingerprint density at radius 1 is 1.08 bits per heavy atom. The van der Waals surface area contributed by atoms with E-state index in [1.807, 2.05) is 0 Å². The molecule has 132 valence electrons. The zero-order valence-corrected chi connectivity index (χ0v) is 14.4. The van der Waals surface area contributed by atoms with E-state index in [4.69, 9.17) is 4.74 Å². The van der Waals surface area contributed by atoms with Crippen LogP contribution in [0.3, 0.4) is 0 Å². The third kappa shape index (κ3) is 1.69. The molecule has 0 amide bonds. The summed E-state index contributed by atoms with van der Waals surface area (Å²) < 4.78 is 4.74. The molecule has 0 aromatic rings. The summed E-state index contributed by atoms with van der Waals surface area (Å²) in [6.45, 7) is 0. The van der Waals surface area contributed by atoms with Crippen LogP contribution in [0.5, 0.6) is 0 Å². The van der Waals surface area contributed by atoms with Gasteiger partial charge in [-0.05, 0) is 74.0 Å². The van der Waals surface area contributed by atoms with Crippen LogP contribution in [-0.4, -0.2) is 23.5 Å². The van der Waals surface area contributed by atoms with Crippen molar-refractivity contribution < 1.29 is 14.5 Å². The molecule has 7 aliphatic carbocycles. The second-order valence-corrected chi connectivity index (χ2v) is 9.26. The van der Waals surface area contributed by atoms with Gasteiger partial charge in [0, 0.05) is 29.6 Å². The highest BCUT2D eigenvalue weighted by molar-refractivity contribution is 5.69. The first-order chi connectivity index (χ1) is 11.6. The smallest absolute Gasteiger partial charge is 0.305 e. The van der Waals surface area contributed by atoms with Gasteiger partial charge in [0.2, 0.25) is 5.54 Å². The Hall–Kier alpha value is -1.13. The highest BCUT2D eigenvalue weighted by atomic mass is 16.6. The van der Waals surface area contributed by atoms with Crippen LogP contribution in [0.2, 0.25) is 0 Å². The minimum atomic E-state index is -0.746. The van der Waals surface area contributed by atoms with Gasteiger partial charge in [-0.25, -0.2) is 0 Å². The maximum Gasteiger partial charge on any atom is 0.305 e. The second-order valence-electron chi connectivity index (χ2n) is 9.26. The Bertz CT molecular complexity index is 568. The first-order valence-corrected chi connectivity index (χ1v) is 9.77. The lowest BCUT2D eigenvalue weighted by Gasteiger charge is -2.72. The van der Waals surface area contributed by atoms with Crippen LogP contribution in [0.15, 0.2) is 0 Å². The van der Waals surface area contributed by atoms with Gasteiger partial charge >= 0.3 is 5.97 Å². The molecular formula is C19H27NO4. The lowest BCUT2D eigenvalue weighted by Crippen LogP contribution is -2.73. The number of hydrogen-bond donors (Lipinski definition) is 0. The second kappa shape index (κ2) is 4.95. The molecule has 8 bridgehead atoms. The van der Waals surface area contributed by atoms with E-state index in [9.17, 15) is 14.9 Å². The number of hydrogen-bond acceptors (Lipinski definition) is 4. The molecule has 7 fully saturated rings. The Balaban J connectivity index is 1.48. The minimum Gasteiger partial charge on any atom is -0.469 e. The summed E-state index contributed by atoms with van der Waals surface area (Å²) in [5.74, 6) is 4.80. The van der Waals surface area contributed by atoms with Crippen molar-refractivity contribution >= 4 is 5.97 Å². The van der Waals surface area contributed by atoms with Crippen molar-refractivity contribution in [2.24, 2.45) is 47.3 Å². The summed E-state index contributed by atoms with van der Waals surface area (Å²) in [5.41, 5.74) is -0.746. The van der Waals surface area contributed by atoms with Crippen molar-refractivity contribution in [3.05, 3.63) is 10.1 Å². The lowest BCUT2D eigenvalue weighted by atomic mass is 9.31. The Kier molecular flexibility index (Phi) is 3.12. The first kappa shape index (κ1) is 15.2. The normalized spacial score (nSPS) is 52.7.